The van der Waals surface area contributed by atoms with Crippen LogP contribution in [0.2, 0.25) is 0 Å². The molecule has 0 aromatic rings. The molecule has 0 nitrogen and oxygen atoms in total. The van der Waals surface area contributed by atoms with Gasteiger partial charge in [-0.15, -0.1) is 0 Å². The fourth-order valence-corrected chi connectivity index (χ4v) is 7.79. The lowest BCUT2D eigenvalue weighted by molar-refractivity contribution is 0.0548. The summed E-state index contributed by atoms with van der Waals surface area (Å²) in [5, 5.41) is 0. The summed E-state index contributed by atoms with van der Waals surface area (Å²) in [7, 11) is 0. The van der Waals surface area contributed by atoms with Crippen LogP contribution in [-0.4, -0.2) is 0 Å². The van der Waals surface area contributed by atoms with Crippen molar-refractivity contribution in [1.29, 1.82) is 0 Å². The lowest BCUT2D eigenvalue weighted by Gasteiger charge is -2.47. The second-order valence-corrected chi connectivity index (χ2v) is 10.3. The standard InChI is InChI=1S/C20H30/c1-16(2)12-10-19-14-8-7-9-15(19)20(14,19)11-13(12)17(3,4)18(16,5)6/h14-15H,7-11H2,1-6H3. The fourth-order valence-electron chi connectivity index (χ4n) is 7.79. The van der Waals surface area contributed by atoms with Crippen LogP contribution in [0, 0.1) is 38.9 Å². The van der Waals surface area contributed by atoms with E-state index in [-0.39, 0.29) is 0 Å². The Kier molecular flexibility index (Phi) is 1.66. The van der Waals surface area contributed by atoms with Gasteiger partial charge in [-0.3, -0.25) is 0 Å². The van der Waals surface area contributed by atoms with Crippen LogP contribution in [0.5, 0.6) is 0 Å². The van der Waals surface area contributed by atoms with Gasteiger partial charge in [0.15, 0.2) is 0 Å². The Balaban J connectivity index is 1.64. The predicted octanol–water partition coefficient (Wildman–Crippen LogP) is 5.59. The smallest absolute Gasteiger partial charge is 0.00823 e. The van der Waals surface area contributed by atoms with Gasteiger partial charge >= 0.3 is 0 Å². The van der Waals surface area contributed by atoms with Crippen molar-refractivity contribution in [2.45, 2.75) is 73.6 Å². The average Bonchev–Trinajstić information content (AvgIpc) is 3.20. The third-order valence-corrected chi connectivity index (χ3v) is 10.1. The molecule has 110 valence electrons. The monoisotopic (exact) mass is 270 g/mol. The molecule has 0 saturated heterocycles. The average molecular weight is 270 g/mol. The summed E-state index contributed by atoms with van der Waals surface area (Å²) in [6.07, 6.45) is 7.61. The van der Waals surface area contributed by atoms with Gasteiger partial charge in [0, 0.05) is 0 Å². The van der Waals surface area contributed by atoms with Crippen molar-refractivity contribution >= 4 is 0 Å². The van der Waals surface area contributed by atoms with E-state index in [1.807, 2.05) is 11.1 Å². The number of hydrogen-bond acceptors (Lipinski definition) is 0. The largest absolute Gasteiger partial charge is 0.0636 e. The minimum absolute atomic E-state index is 0.395. The Hall–Kier alpha value is -0.260. The van der Waals surface area contributed by atoms with Crippen LogP contribution in [0.15, 0.2) is 11.1 Å². The van der Waals surface area contributed by atoms with Crippen LogP contribution in [0.3, 0.4) is 0 Å². The summed E-state index contributed by atoms with van der Waals surface area (Å²) >= 11 is 0. The van der Waals surface area contributed by atoms with Crippen molar-refractivity contribution in [3.63, 3.8) is 0 Å². The van der Waals surface area contributed by atoms with E-state index in [4.69, 9.17) is 0 Å². The van der Waals surface area contributed by atoms with Crippen molar-refractivity contribution in [3.05, 3.63) is 11.1 Å². The zero-order chi connectivity index (χ0) is 14.3. The van der Waals surface area contributed by atoms with Crippen LogP contribution in [0.1, 0.15) is 73.6 Å². The van der Waals surface area contributed by atoms with E-state index in [1.54, 1.807) is 12.8 Å². The highest BCUT2D eigenvalue weighted by Crippen LogP contribution is 3.03. The molecule has 0 radical (unpaired) electrons. The minimum atomic E-state index is 0.395. The Morgan fingerprint density at radius 2 is 1.10 bits per heavy atom. The maximum absolute atomic E-state index is 2.54. The first-order valence-corrected chi connectivity index (χ1v) is 8.89. The Bertz CT molecular complexity index is 513. The summed E-state index contributed by atoms with van der Waals surface area (Å²) in [5.41, 5.74) is 6.65. The molecule has 0 N–H and O–H groups in total. The lowest BCUT2D eigenvalue weighted by Crippen LogP contribution is -2.40. The molecule has 0 aromatic carbocycles. The Labute approximate surface area is 124 Å². The molecule has 0 heterocycles. The molecule has 5 aliphatic rings. The highest BCUT2D eigenvalue weighted by molar-refractivity contribution is 5.55. The van der Waals surface area contributed by atoms with E-state index >= 15 is 0 Å². The van der Waals surface area contributed by atoms with Crippen LogP contribution in [0.25, 0.3) is 0 Å². The molecule has 0 atom stereocenters. The molecule has 0 amide bonds. The molecule has 1 spiro atoms. The first kappa shape index (κ1) is 12.3. The van der Waals surface area contributed by atoms with Gasteiger partial charge in [-0.05, 0) is 64.6 Å². The lowest BCUT2D eigenvalue weighted by atomic mass is 9.57. The summed E-state index contributed by atoms with van der Waals surface area (Å²) in [4.78, 5) is 0. The molecule has 5 rings (SSSR count). The van der Waals surface area contributed by atoms with E-state index in [0.29, 0.717) is 16.2 Å². The van der Waals surface area contributed by atoms with Gasteiger partial charge in [0.2, 0.25) is 0 Å². The van der Waals surface area contributed by atoms with Crippen molar-refractivity contribution in [2.24, 2.45) is 38.9 Å². The SMILES string of the molecule is CC1(C)C2=C(CC34C5CCCC3C54C2)C(C)(C)C1(C)C. The van der Waals surface area contributed by atoms with Crippen LogP contribution >= 0.6 is 0 Å². The zero-order valence-electron chi connectivity index (χ0n) is 14.2. The molecule has 3 fully saturated rings. The van der Waals surface area contributed by atoms with Crippen LogP contribution in [0.4, 0.5) is 0 Å². The molecular weight excluding hydrogens is 240 g/mol. The molecule has 0 aromatic heterocycles. The number of allylic oxidation sites excluding steroid dienone is 2. The Morgan fingerprint density at radius 1 is 0.700 bits per heavy atom. The van der Waals surface area contributed by atoms with Gasteiger partial charge < -0.3 is 0 Å². The van der Waals surface area contributed by atoms with Gasteiger partial charge in [0.1, 0.15) is 0 Å². The van der Waals surface area contributed by atoms with Crippen molar-refractivity contribution in [3.8, 4) is 0 Å². The summed E-state index contributed by atoms with van der Waals surface area (Å²) < 4.78 is 0. The molecule has 3 saturated carbocycles. The zero-order valence-corrected chi connectivity index (χ0v) is 14.2. The van der Waals surface area contributed by atoms with E-state index in [9.17, 15) is 0 Å². The molecule has 0 heteroatoms. The second kappa shape index (κ2) is 2.70. The van der Waals surface area contributed by atoms with Gasteiger partial charge in [-0.1, -0.05) is 59.1 Å². The predicted molar refractivity (Wildman–Crippen MR) is 83.3 cm³/mol. The van der Waals surface area contributed by atoms with E-state index in [2.05, 4.69) is 41.5 Å². The van der Waals surface area contributed by atoms with Crippen molar-refractivity contribution in [2.75, 3.05) is 0 Å². The summed E-state index contributed by atoms with van der Waals surface area (Å²) in [6.45, 7) is 15.2. The molecule has 20 heavy (non-hydrogen) atoms. The minimum Gasteiger partial charge on any atom is -0.0636 e. The van der Waals surface area contributed by atoms with Crippen LogP contribution in [-0.2, 0) is 0 Å². The molecule has 0 unspecified atom stereocenters. The molecule has 5 aliphatic carbocycles. The van der Waals surface area contributed by atoms with E-state index in [1.165, 1.54) is 19.3 Å². The Morgan fingerprint density at radius 3 is 1.50 bits per heavy atom. The number of rotatable bonds is 0. The maximum atomic E-state index is 2.54. The molecule has 0 aliphatic heterocycles. The van der Waals surface area contributed by atoms with Crippen molar-refractivity contribution < 1.29 is 0 Å². The van der Waals surface area contributed by atoms with Crippen LogP contribution < -0.4 is 0 Å². The first-order chi connectivity index (χ1) is 9.16. The fraction of sp³-hybridized carbons (Fsp3) is 0.900. The van der Waals surface area contributed by atoms with Gasteiger partial charge in [-0.25, -0.2) is 0 Å². The molecule has 0 bridgehead atoms. The third kappa shape index (κ3) is 0.802. The normalized spacial score (nSPS) is 54.9. The topological polar surface area (TPSA) is 0 Å². The second-order valence-electron chi connectivity index (χ2n) is 10.3. The molecular formula is C20H30. The summed E-state index contributed by atoms with van der Waals surface area (Å²) in [6, 6.07) is 0. The van der Waals surface area contributed by atoms with Gasteiger partial charge in [0.05, 0.1) is 0 Å². The summed E-state index contributed by atoms with van der Waals surface area (Å²) in [5.74, 6) is 2.27. The van der Waals surface area contributed by atoms with Gasteiger partial charge in [0.25, 0.3) is 0 Å². The van der Waals surface area contributed by atoms with E-state index in [0.717, 1.165) is 22.7 Å². The van der Waals surface area contributed by atoms with Crippen molar-refractivity contribution in [1.82, 2.24) is 0 Å². The third-order valence-electron chi connectivity index (χ3n) is 10.1. The number of hydrogen-bond donors (Lipinski definition) is 0. The quantitative estimate of drug-likeness (QED) is 0.504. The maximum Gasteiger partial charge on any atom is -0.00823 e. The highest BCUT2D eigenvalue weighted by atomic mass is 15.0. The highest BCUT2D eigenvalue weighted by Gasteiger charge is 2.97. The van der Waals surface area contributed by atoms with E-state index < -0.39 is 0 Å². The first-order valence-electron chi connectivity index (χ1n) is 8.89. The van der Waals surface area contributed by atoms with Gasteiger partial charge in [-0.2, -0.15) is 0 Å².